The molecule has 0 spiro atoms. The van der Waals surface area contributed by atoms with Gasteiger partial charge in [0.05, 0.1) is 35.1 Å². The molecular formula is C22H22ClN5O4S. The van der Waals surface area contributed by atoms with E-state index in [4.69, 9.17) is 16.3 Å². The van der Waals surface area contributed by atoms with Gasteiger partial charge in [0.15, 0.2) is 11.0 Å². The SMILES string of the molecule is CCOC(=O)c1ccc(NC(=O)CSc2nnc(CNC(=O)c3ccccc3Cl)n2C)cc1. The van der Waals surface area contributed by atoms with Crippen LogP contribution in [-0.4, -0.2) is 44.9 Å². The first-order valence-electron chi connectivity index (χ1n) is 10.00. The summed E-state index contributed by atoms with van der Waals surface area (Å²) in [4.78, 5) is 36.3. The lowest BCUT2D eigenvalue weighted by atomic mass is 10.2. The highest BCUT2D eigenvalue weighted by Crippen LogP contribution is 2.18. The van der Waals surface area contributed by atoms with Crippen molar-refractivity contribution in [1.29, 1.82) is 0 Å². The highest BCUT2D eigenvalue weighted by molar-refractivity contribution is 7.99. The minimum Gasteiger partial charge on any atom is -0.462 e. The van der Waals surface area contributed by atoms with Gasteiger partial charge < -0.3 is 19.9 Å². The smallest absolute Gasteiger partial charge is 0.338 e. The molecule has 0 unspecified atom stereocenters. The summed E-state index contributed by atoms with van der Waals surface area (Å²) in [5.41, 5.74) is 1.36. The number of hydrogen-bond donors (Lipinski definition) is 2. The quantitative estimate of drug-likeness (QED) is 0.351. The molecule has 0 saturated heterocycles. The zero-order valence-corrected chi connectivity index (χ0v) is 19.6. The third-order valence-corrected chi connectivity index (χ3v) is 5.81. The van der Waals surface area contributed by atoms with E-state index in [9.17, 15) is 14.4 Å². The predicted octanol–water partition coefficient (Wildman–Crippen LogP) is 3.31. The molecule has 33 heavy (non-hydrogen) atoms. The summed E-state index contributed by atoms with van der Waals surface area (Å²) in [6.45, 7) is 2.19. The van der Waals surface area contributed by atoms with Crippen LogP contribution in [0.25, 0.3) is 0 Å². The van der Waals surface area contributed by atoms with Crippen LogP contribution < -0.4 is 10.6 Å². The van der Waals surface area contributed by atoms with E-state index in [0.29, 0.717) is 39.4 Å². The first kappa shape index (κ1) is 24.3. The van der Waals surface area contributed by atoms with E-state index in [2.05, 4.69) is 20.8 Å². The normalized spacial score (nSPS) is 10.5. The fourth-order valence-corrected chi connectivity index (χ4v) is 3.71. The number of halogens is 1. The number of esters is 1. The number of carbonyl (C=O) groups excluding carboxylic acids is 3. The number of benzene rings is 2. The van der Waals surface area contributed by atoms with Crippen LogP contribution in [0.3, 0.4) is 0 Å². The Bertz CT molecular complexity index is 1150. The Kier molecular flexibility index (Phi) is 8.45. The summed E-state index contributed by atoms with van der Waals surface area (Å²) < 4.78 is 6.64. The van der Waals surface area contributed by atoms with Gasteiger partial charge in [-0.2, -0.15) is 0 Å². The first-order chi connectivity index (χ1) is 15.9. The highest BCUT2D eigenvalue weighted by atomic mass is 35.5. The summed E-state index contributed by atoms with van der Waals surface area (Å²) in [6, 6.07) is 13.2. The minimum atomic E-state index is -0.410. The molecule has 0 fully saturated rings. The van der Waals surface area contributed by atoms with Crippen molar-refractivity contribution in [2.75, 3.05) is 17.7 Å². The number of nitrogens with zero attached hydrogens (tertiary/aromatic N) is 3. The van der Waals surface area contributed by atoms with Crippen molar-refractivity contribution in [3.63, 3.8) is 0 Å². The summed E-state index contributed by atoms with van der Waals surface area (Å²) in [7, 11) is 1.76. The second-order valence-corrected chi connectivity index (χ2v) is 8.10. The summed E-state index contributed by atoms with van der Waals surface area (Å²) in [6.07, 6.45) is 0. The maximum Gasteiger partial charge on any atom is 0.338 e. The number of nitrogens with one attached hydrogen (secondary N) is 2. The molecule has 172 valence electrons. The van der Waals surface area contributed by atoms with E-state index < -0.39 is 5.97 Å². The Morgan fingerprint density at radius 2 is 1.82 bits per heavy atom. The van der Waals surface area contributed by atoms with Crippen LogP contribution in [-0.2, 0) is 23.1 Å². The number of thioether (sulfide) groups is 1. The van der Waals surface area contributed by atoms with E-state index in [-0.39, 0.29) is 24.1 Å². The van der Waals surface area contributed by atoms with E-state index in [1.54, 1.807) is 67.1 Å². The number of anilines is 1. The van der Waals surface area contributed by atoms with Crippen LogP contribution in [0.2, 0.25) is 5.02 Å². The predicted molar refractivity (Wildman–Crippen MR) is 125 cm³/mol. The fraction of sp³-hybridized carbons (Fsp3) is 0.227. The highest BCUT2D eigenvalue weighted by Gasteiger charge is 2.14. The molecular weight excluding hydrogens is 466 g/mol. The van der Waals surface area contributed by atoms with Crippen molar-refractivity contribution in [3.05, 3.63) is 70.5 Å². The third-order valence-electron chi connectivity index (χ3n) is 4.46. The maximum atomic E-state index is 12.3. The van der Waals surface area contributed by atoms with Crippen LogP contribution in [0.4, 0.5) is 5.69 Å². The van der Waals surface area contributed by atoms with Gasteiger partial charge in [-0.3, -0.25) is 9.59 Å². The molecule has 0 bridgehead atoms. The van der Waals surface area contributed by atoms with Gasteiger partial charge in [-0.15, -0.1) is 10.2 Å². The Labute approximate surface area is 199 Å². The van der Waals surface area contributed by atoms with Crippen molar-refractivity contribution in [1.82, 2.24) is 20.1 Å². The molecule has 2 amide bonds. The molecule has 0 radical (unpaired) electrons. The Hall–Kier alpha value is -3.37. The molecule has 1 heterocycles. The Balaban J connectivity index is 1.50. The van der Waals surface area contributed by atoms with Crippen LogP contribution >= 0.6 is 23.4 Å². The van der Waals surface area contributed by atoms with Gasteiger partial charge in [0.1, 0.15) is 0 Å². The van der Waals surface area contributed by atoms with Gasteiger partial charge in [-0.1, -0.05) is 35.5 Å². The van der Waals surface area contributed by atoms with Crippen LogP contribution in [0.1, 0.15) is 33.5 Å². The average molecular weight is 488 g/mol. The summed E-state index contributed by atoms with van der Waals surface area (Å²) >= 11 is 7.26. The number of aromatic nitrogens is 3. The number of ether oxygens (including phenoxy) is 1. The van der Waals surface area contributed by atoms with Gasteiger partial charge in [0, 0.05) is 12.7 Å². The minimum absolute atomic E-state index is 0.109. The number of hydrogen-bond acceptors (Lipinski definition) is 7. The fourth-order valence-electron chi connectivity index (χ4n) is 2.76. The van der Waals surface area contributed by atoms with Crippen molar-refractivity contribution >= 4 is 46.8 Å². The molecule has 0 aliphatic heterocycles. The molecule has 0 saturated carbocycles. The molecule has 3 rings (SSSR count). The monoisotopic (exact) mass is 487 g/mol. The molecule has 2 aromatic carbocycles. The van der Waals surface area contributed by atoms with Crippen molar-refractivity contribution in [2.45, 2.75) is 18.6 Å². The lowest BCUT2D eigenvalue weighted by Crippen LogP contribution is -2.24. The van der Waals surface area contributed by atoms with E-state index in [1.807, 2.05) is 0 Å². The Morgan fingerprint density at radius 1 is 1.09 bits per heavy atom. The standard InChI is InChI=1S/C22H22ClN5O4S/c1-3-32-21(31)14-8-10-15(11-9-14)25-19(29)13-33-22-27-26-18(28(22)2)12-24-20(30)16-6-4-5-7-17(16)23/h4-11H,3,12-13H2,1-2H3,(H,24,30)(H,25,29). The van der Waals surface area contributed by atoms with Gasteiger partial charge >= 0.3 is 5.97 Å². The molecule has 0 aliphatic carbocycles. The average Bonchev–Trinajstić information content (AvgIpc) is 3.16. The molecule has 3 aromatic rings. The van der Waals surface area contributed by atoms with Gasteiger partial charge in [0.2, 0.25) is 5.91 Å². The first-order valence-corrected chi connectivity index (χ1v) is 11.4. The van der Waals surface area contributed by atoms with Crippen molar-refractivity contribution < 1.29 is 19.1 Å². The number of amides is 2. The number of rotatable bonds is 9. The van der Waals surface area contributed by atoms with Gasteiger partial charge in [-0.05, 0) is 43.3 Å². The third kappa shape index (κ3) is 6.56. The van der Waals surface area contributed by atoms with E-state index in [0.717, 1.165) is 0 Å². The van der Waals surface area contributed by atoms with Gasteiger partial charge in [0.25, 0.3) is 5.91 Å². The van der Waals surface area contributed by atoms with Crippen LogP contribution in [0, 0.1) is 0 Å². The lowest BCUT2D eigenvalue weighted by molar-refractivity contribution is -0.113. The van der Waals surface area contributed by atoms with E-state index in [1.165, 1.54) is 11.8 Å². The van der Waals surface area contributed by atoms with E-state index >= 15 is 0 Å². The molecule has 2 N–H and O–H groups in total. The number of carbonyl (C=O) groups is 3. The largest absolute Gasteiger partial charge is 0.462 e. The maximum absolute atomic E-state index is 12.3. The van der Waals surface area contributed by atoms with Gasteiger partial charge in [-0.25, -0.2) is 4.79 Å². The molecule has 1 aromatic heterocycles. The van der Waals surface area contributed by atoms with Crippen molar-refractivity contribution in [3.8, 4) is 0 Å². The summed E-state index contributed by atoms with van der Waals surface area (Å²) in [5, 5.41) is 14.6. The topological polar surface area (TPSA) is 115 Å². The molecule has 11 heteroatoms. The second-order valence-electron chi connectivity index (χ2n) is 6.76. The molecule has 0 aliphatic rings. The summed E-state index contributed by atoms with van der Waals surface area (Å²) in [5.74, 6) is -0.316. The Morgan fingerprint density at radius 3 is 2.52 bits per heavy atom. The lowest BCUT2D eigenvalue weighted by Gasteiger charge is -2.08. The molecule has 9 nitrogen and oxygen atoms in total. The van der Waals surface area contributed by atoms with Crippen molar-refractivity contribution in [2.24, 2.45) is 7.05 Å². The zero-order valence-electron chi connectivity index (χ0n) is 18.0. The second kappa shape index (κ2) is 11.5. The zero-order chi connectivity index (χ0) is 23.8. The van der Waals surface area contributed by atoms with Crippen LogP contribution in [0.15, 0.2) is 53.7 Å². The molecule has 0 atom stereocenters. The van der Waals surface area contributed by atoms with Crippen LogP contribution in [0.5, 0.6) is 0 Å².